The molecule has 0 aromatic heterocycles. The number of amides is 1. The highest BCUT2D eigenvalue weighted by molar-refractivity contribution is 5.93. The molecule has 0 spiro atoms. The van der Waals surface area contributed by atoms with E-state index in [1.807, 2.05) is 0 Å². The third kappa shape index (κ3) is 8.22. The molecule has 5 nitrogen and oxygen atoms in total. The molecular formula is C16H27ClN2O3. The Labute approximate surface area is 139 Å². The van der Waals surface area contributed by atoms with Gasteiger partial charge in [0.2, 0.25) is 0 Å². The summed E-state index contributed by atoms with van der Waals surface area (Å²) in [5.41, 5.74) is 6.09. The molecule has 0 aliphatic rings. The largest absolute Gasteiger partial charge is 0.492 e. The second-order valence-electron chi connectivity index (χ2n) is 5.35. The maximum absolute atomic E-state index is 12.0. The highest BCUT2D eigenvalue weighted by Crippen LogP contribution is 2.16. The zero-order valence-corrected chi connectivity index (χ0v) is 14.3. The molecule has 0 aliphatic carbocycles. The van der Waals surface area contributed by atoms with E-state index in [2.05, 4.69) is 19.2 Å². The van der Waals surface area contributed by atoms with Gasteiger partial charge in [-0.15, -0.1) is 12.4 Å². The predicted octanol–water partition coefficient (Wildman–Crippen LogP) is 2.84. The molecule has 0 bridgehead atoms. The summed E-state index contributed by atoms with van der Waals surface area (Å²) in [7, 11) is 0. The average Bonchev–Trinajstić information content (AvgIpc) is 2.46. The fourth-order valence-electron chi connectivity index (χ4n) is 1.61. The first kappa shape index (κ1) is 20.7. The van der Waals surface area contributed by atoms with Crippen molar-refractivity contribution in [3.05, 3.63) is 24.3 Å². The van der Waals surface area contributed by atoms with Crippen molar-refractivity contribution in [2.75, 3.05) is 25.1 Å². The second kappa shape index (κ2) is 11.3. The summed E-state index contributed by atoms with van der Waals surface area (Å²) in [6.45, 7) is 7.56. The van der Waals surface area contributed by atoms with Crippen molar-refractivity contribution in [2.24, 2.45) is 11.7 Å². The molecule has 1 rings (SSSR count). The third-order valence-electron chi connectivity index (χ3n) is 2.94. The van der Waals surface area contributed by atoms with Gasteiger partial charge in [0, 0.05) is 18.8 Å². The first-order valence-electron chi connectivity index (χ1n) is 7.38. The van der Waals surface area contributed by atoms with Crippen molar-refractivity contribution in [2.45, 2.75) is 33.3 Å². The normalized spacial score (nSPS) is 11.7. The lowest BCUT2D eigenvalue weighted by atomic mass is 10.1. The van der Waals surface area contributed by atoms with Crippen molar-refractivity contribution in [1.29, 1.82) is 0 Å². The lowest BCUT2D eigenvalue weighted by molar-refractivity contribution is -0.126. The Balaban J connectivity index is 0.00000441. The van der Waals surface area contributed by atoms with Crippen LogP contribution in [0.3, 0.4) is 0 Å². The number of nitrogens with two attached hydrogens (primary N) is 1. The summed E-state index contributed by atoms with van der Waals surface area (Å²) in [5.74, 6) is 1.16. The minimum absolute atomic E-state index is 0. The number of halogens is 1. The molecule has 126 valence electrons. The van der Waals surface area contributed by atoms with Crippen molar-refractivity contribution < 1.29 is 14.3 Å². The van der Waals surface area contributed by atoms with Gasteiger partial charge in [0.15, 0.2) is 0 Å². The van der Waals surface area contributed by atoms with Crippen LogP contribution in [0.4, 0.5) is 5.69 Å². The Hall–Kier alpha value is -1.30. The molecule has 1 amide bonds. The van der Waals surface area contributed by atoms with Crippen LogP contribution in [0.25, 0.3) is 0 Å². The zero-order valence-electron chi connectivity index (χ0n) is 13.5. The van der Waals surface area contributed by atoms with E-state index >= 15 is 0 Å². The minimum Gasteiger partial charge on any atom is -0.492 e. The molecule has 6 heteroatoms. The van der Waals surface area contributed by atoms with E-state index in [-0.39, 0.29) is 18.3 Å². The van der Waals surface area contributed by atoms with E-state index in [4.69, 9.17) is 15.2 Å². The predicted molar refractivity (Wildman–Crippen MR) is 91.7 cm³/mol. The van der Waals surface area contributed by atoms with E-state index in [0.717, 1.165) is 17.9 Å². The number of ether oxygens (including phenoxy) is 2. The Morgan fingerprint density at radius 1 is 1.18 bits per heavy atom. The van der Waals surface area contributed by atoms with Gasteiger partial charge in [-0.2, -0.15) is 0 Å². The van der Waals surface area contributed by atoms with Gasteiger partial charge in [0.05, 0.1) is 0 Å². The van der Waals surface area contributed by atoms with Crippen LogP contribution in [0.5, 0.6) is 5.75 Å². The van der Waals surface area contributed by atoms with E-state index < -0.39 is 6.10 Å². The molecule has 0 aliphatic heterocycles. The van der Waals surface area contributed by atoms with Gasteiger partial charge in [-0.3, -0.25) is 4.79 Å². The molecule has 0 fully saturated rings. The monoisotopic (exact) mass is 330 g/mol. The van der Waals surface area contributed by atoms with Crippen LogP contribution < -0.4 is 15.8 Å². The minimum atomic E-state index is -0.461. The van der Waals surface area contributed by atoms with Crippen LogP contribution in [0.1, 0.15) is 27.2 Å². The van der Waals surface area contributed by atoms with Crippen LogP contribution in [0.2, 0.25) is 0 Å². The molecule has 1 unspecified atom stereocenters. The van der Waals surface area contributed by atoms with Crippen molar-refractivity contribution >= 4 is 24.0 Å². The van der Waals surface area contributed by atoms with Gasteiger partial charge >= 0.3 is 0 Å². The maximum Gasteiger partial charge on any atom is 0.253 e. The van der Waals surface area contributed by atoms with Crippen LogP contribution in [-0.2, 0) is 9.53 Å². The molecule has 0 radical (unpaired) electrons. The van der Waals surface area contributed by atoms with Gasteiger partial charge in [-0.1, -0.05) is 13.8 Å². The van der Waals surface area contributed by atoms with E-state index in [0.29, 0.717) is 25.7 Å². The number of anilines is 1. The van der Waals surface area contributed by atoms with Gasteiger partial charge in [0.25, 0.3) is 5.91 Å². The Kier molecular flexibility index (Phi) is 10.6. The summed E-state index contributed by atoms with van der Waals surface area (Å²) in [5, 5.41) is 2.82. The van der Waals surface area contributed by atoms with Crippen molar-refractivity contribution in [3.63, 3.8) is 0 Å². The molecule has 22 heavy (non-hydrogen) atoms. The van der Waals surface area contributed by atoms with E-state index in [1.165, 1.54) is 0 Å². The number of nitrogens with one attached hydrogen (secondary N) is 1. The molecule has 3 N–H and O–H groups in total. The number of carbonyl (C=O) groups excluding carboxylic acids is 1. The van der Waals surface area contributed by atoms with Crippen LogP contribution in [0, 0.1) is 5.92 Å². The molecular weight excluding hydrogens is 304 g/mol. The maximum atomic E-state index is 12.0. The Morgan fingerprint density at radius 2 is 1.82 bits per heavy atom. The van der Waals surface area contributed by atoms with Gasteiger partial charge < -0.3 is 20.5 Å². The van der Waals surface area contributed by atoms with E-state index in [1.54, 1.807) is 31.2 Å². The lowest BCUT2D eigenvalue weighted by Gasteiger charge is -2.14. The summed E-state index contributed by atoms with van der Waals surface area (Å²) >= 11 is 0. The average molecular weight is 331 g/mol. The number of hydrogen-bond acceptors (Lipinski definition) is 4. The topological polar surface area (TPSA) is 73.6 Å². The fourth-order valence-corrected chi connectivity index (χ4v) is 1.61. The zero-order chi connectivity index (χ0) is 15.7. The fraction of sp³-hybridized carbons (Fsp3) is 0.562. The Bertz CT molecular complexity index is 424. The molecule has 1 aromatic carbocycles. The first-order chi connectivity index (χ1) is 10.0. The number of rotatable bonds is 9. The summed E-state index contributed by atoms with van der Waals surface area (Å²) < 4.78 is 10.9. The lowest BCUT2D eigenvalue weighted by Crippen LogP contribution is -2.28. The molecule has 1 aromatic rings. The molecule has 0 saturated carbocycles. The number of benzene rings is 1. The standard InChI is InChI=1S/C16H26N2O3.ClH/c1-12(2)8-10-20-13(3)16(19)18-14-4-6-15(7-5-14)21-11-9-17;/h4-7,12-13H,8-11,17H2,1-3H3,(H,18,19);1H. The molecule has 1 atom stereocenters. The van der Waals surface area contributed by atoms with Gasteiger partial charge in [0.1, 0.15) is 18.5 Å². The first-order valence-corrected chi connectivity index (χ1v) is 7.38. The highest BCUT2D eigenvalue weighted by Gasteiger charge is 2.13. The molecule has 0 saturated heterocycles. The summed E-state index contributed by atoms with van der Waals surface area (Å²) in [4.78, 5) is 12.0. The van der Waals surface area contributed by atoms with Gasteiger partial charge in [-0.05, 0) is 43.5 Å². The summed E-state index contributed by atoms with van der Waals surface area (Å²) in [6.07, 6.45) is 0.488. The van der Waals surface area contributed by atoms with E-state index in [9.17, 15) is 4.79 Å². The quantitative estimate of drug-likeness (QED) is 0.730. The number of hydrogen-bond donors (Lipinski definition) is 2. The SMILES string of the molecule is CC(C)CCOC(C)C(=O)Nc1ccc(OCCN)cc1.Cl. The van der Waals surface area contributed by atoms with Crippen LogP contribution in [-0.4, -0.2) is 31.8 Å². The highest BCUT2D eigenvalue weighted by atomic mass is 35.5. The molecule has 0 heterocycles. The second-order valence-corrected chi connectivity index (χ2v) is 5.35. The van der Waals surface area contributed by atoms with Crippen LogP contribution >= 0.6 is 12.4 Å². The Morgan fingerprint density at radius 3 is 2.36 bits per heavy atom. The third-order valence-corrected chi connectivity index (χ3v) is 2.94. The smallest absolute Gasteiger partial charge is 0.253 e. The number of carbonyl (C=O) groups is 1. The van der Waals surface area contributed by atoms with Gasteiger partial charge in [-0.25, -0.2) is 0 Å². The van der Waals surface area contributed by atoms with Crippen molar-refractivity contribution in [3.8, 4) is 5.75 Å². The van der Waals surface area contributed by atoms with Crippen LogP contribution in [0.15, 0.2) is 24.3 Å². The summed E-state index contributed by atoms with van der Waals surface area (Å²) in [6, 6.07) is 7.19. The van der Waals surface area contributed by atoms with Crippen molar-refractivity contribution in [1.82, 2.24) is 0 Å².